The summed E-state index contributed by atoms with van der Waals surface area (Å²) in [4.78, 5) is 23.7. The zero-order chi connectivity index (χ0) is 26.8. The van der Waals surface area contributed by atoms with E-state index in [2.05, 4.69) is 35.5 Å². The summed E-state index contributed by atoms with van der Waals surface area (Å²) in [6.45, 7) is 7.04. The molecule has 1 aliphatic heterocycles. The minimum atomic E-state index is -4.31. The predicted octanol–water partition coefficient (Wildman–Crippen LogP) is 4.03. The van der Waals surface area contributed by atoms with Crippen LogP contribution in [-0.2, 0) is 10.0 Å². The van der Waals surface area contributed by atoms with E-state index in [1.165, 1.54) is 32.4 Å². The molecule has 0 bridgehead atoms. The molecule has 37 heavy (non-hydrogen) atoms. The number of hydrogen-bond acceptors (Lipinski definition) is 9. The van der Waals surface area contributed by atoms with E-state index in [-0.39, 0.29) is 22.0 Å². The predicted molar refractivity (Wildman–Crippen MR) is 138 cm³/mol. The van der Waals surface area contributed by atoms with Crippen molar-refractivity contribution in [1.82, 2.24) is 14.7 Å². The molecule has 0 spiro atoms. The Balaban J connectivity index is 1.57. The van der Waals surface area contributed by atoms with Crippen LogP contribution in [0, 0.1) is 5.92 Å². The van der Waals surface area contributed by atoms with Gasteiger partial charge < -0.3 is 19.1 Å². The first-order valence-corrected chi connectivity index (χ1v) is 13.2. The van der Waals surface area contributed by atoms with E-state index >= 15 is 0 Å². The Labute approximate surface area is 216 Å². The van der Waals surface area contributed by atoms with Gasteiger partial charge in [-0.25, -0.2) is 9.71 Å². The van der Waals surface area contributed by atoms with Gasteiger partial charge in [-0.1, -0.05) is 13.0 Å². The second-order valence-electron chi connectivity index (χ2n) is 9.27. The van der Waals surface area contributed by atoms with Crippen molar-refractivity contribution in [2.75, 3.05) is 25.7 Å². The maximum Gasteiger partial charge on any atom is 0.281 e. The first kappa shape index (κ1) is 26.2. The fourth-order valence-corrected chi connectivity index (χ4v) is 5.12. The highest BCUT2D eigenvalue weighted by molar-refractivity contribution is 7.90. The van der Waals surface area contributed by atoms with Crippen molar-refractivity contribution in [2.24, 2.45) is 5.92 Å². The minimum Gasteiger partial charge on any atom is -0.496 e. The summed E-state index contributed by atoms with van der Waals surface area (Å²) in [5.41, 5.74) is -0.0673. The summed E-state index contributed by atoms with van der Waals surface area (Å²) in [6.07, 6.45) is 2.54. The molecule has 0 aliphatic carbocycles. The minimum absolute atomic E-state index is 0.0144. The van der Waals surface area contributed by atoms with E-state index < -0.39 is 15.9 Å². The lowest BCUT2D eigenvalue weighted by Gasteiger charge is -2.36. The third kappa shape index (κ3) is 5.46. The van der Waals surface area contributed by atoms with E-state index in [1.807, 2.05) is 4.90 Å². The monoisotopic (exact) mass is 526 g/mol. The summed E-state index contributed by atoms with van der Waals surface area (Å²) in [5, 5.41) is -0.367. The lowest BCUT2D eigenvalue weighted by atomic mass is 9.90. The highest BCUT2D eigenvalue weighted by Gasteiger charge is 2.40. The van der Waals surface area contributed by atoms with Crippen molar-refractivity contribution in [3.8, 4) is 23.1 Å². The molecule has 1 saturated heterocycles. The molecule has 1 aliphatic rings. The van der Waals surface area contributed by atoms with Gasteiger partial charge in [0.25, 0.3) is 15.9 Å². The summed E-state index contributed by atoms with van der Waals surface area (Å²) < 4.78 is 44.6. The van der Waals surface area contributed by atoms with Gasteiger partial charge in [0, 0.05) is 42.5 Å². The average Bonchev–Trinajstić information content (AvgIpc) is 3.15. The second-order valence-corrected chi connectivity index (χ2v) is 10.9. The molecule has 1 N–H and O–H groups in total. The van der Waals surface area contributed by atoms with E-state index in [1.54, 1.807) is 36.5 Å². The first-order valence-electron chi connectivity index (χ1n) is 11.7. The Hall–Kier alpha value is -3.86. The van der Waals surface area contributed by atoms with Gasteiger partial charge in [-0.3, -0.25) is 4.79 Å². The number of methoxy groups -OCH3 is 2. The van der Waals surface area contributed by atoms with Crippen LogP contribution in [0.5, 0.6) is 23.1 Å². The topological polar surface area (TPSA) is 120 Å². The van der Waals surface area contributed by atoms with Crippen LogP contribution in [0.1, 0.15) is 37.6 Å². The maximum absolute atomic E-state index is 13.2. The SMILES string of the molecule is COc1cc(OC)cc(Oc2cccc(S(=O)(=O)NC(=O)c3cccnc3N3CCC(C)C3(C)C)n2)c1. The number of nitrogens with one attached hydrogen (secondary N) is 1. The van der Waals surface area contributed by atoms with Gasteiger partial charge in [0.15, 0.2) is 5.03 Å². The molecule has 1 aromatic carbocycles. The second kappa shape index (κ2) is 10.3. The van der Waals surface area contributed by atoms with E-state index in [4.69, 9.17) is 14.2 Å². The Morgan fingerprint density at radius 2 is 1.73 bits per heavy atom. The van der Waals surface area contributed by atoms with Gasteiger partial charge in [0.05, 0.1) is 19.8 Å². The molecule has 3 heterocycles. The van der Waals surface area contributed by atoms with E-state index in [0.29, 0.717) is 35.5 Å². The number of pyridine rings is 2. The molecular weight excluding hydrogens is 496 g/mol. The first-order chi connectivity index (χ1) is 17.5. The third-order valence-corrected chi connectivity index (χ3v) is 7.95. The lowest BCUT2D eigenvalue weighted by molar-refractivity contribution is 0.0981. The fraction of sp³-hybridized carbons (Fsp3) is 0.346. The van der Waals surface area contributed by atoms with E-state index in [0.717, 1.165) is 6.42 Å². The number of aromatic nitrogens is 2. The largest absolute Gasteiger partial charge is 0.496 e. The fourth-order valence-electron chi connectivity index (χ4n) is 4.19. The molecule has 1 fully saturated rings. The summed E-state index contributed by atoms with van der Waals surface area (Å²) >= 11 is 0. The van der Waals surface area contributed by atoms with Crippen LogP contribution in [0.3, 0.4) is 0 Å². The highest BCUT2D eigenvalue weighted by atomic mass is 32.2. The number of ether oxygens (including phenoxy) is 3. The summed E-state index contributed by atoms with van der Waals surface area (Å²) in [7, 11) is -1.30. The van der Waals surface area contributed by atoms with Crippen molar-refractivity contribution in [1.29, 1.82) is 0 Å². The number of anilines is 1. The average molecular weight is 527 g/mol. The van der Waals surface area contributed by atoms with Crippen LogP contribution in [0.4, 0.5) is 5.82 Å². The molecular formula is C26H30N4O6S. The molecule has 0 radical (unpaired) electrons. The van der Waals surface area contributed by atoms with Crippen LogP contribution >= 0.6 is 0 Å². The lowest BCUT2D eigenvalue weighted by Crippen LogP contribution is -2.43. The molecule has 11 heteroatoms. The zero-order valence-corrected chi connectivity index (χ0v) is 22.2. The molecule has 3 aromatic rings. The number of rotatable bonds is 8. The van der Waals surface area contributed by atoms with Crippen molar-refractivity contribution < 1.29 is 27.4 Å². The number of benzene rings is 1. The van der Waals surface area contributed by atoms with Crippen molar-refractivity contribution in [3.05, 3.63) is 60.3 Å². The summed E-state index contributed by atoms with van der Waals surface area (Å²) in [5.74, 6) is 1.38. The number of sulfonamides is 1. The molecule has 1 unspecified atom stereocenters. The molecule has 0 saturated carbocycles. The summed E-state index contributed by atoms with van der Waals surface area (Å²) in [6, 6.07) is 12.3. The quantitative estimate of drug-likeness (QED) is 0.464. The molecule has 10 nitrogen and oxygen atoms in total. The van der Waals surface area contributed by atoms with Crippen LogP contribution in [0.15, 0.2) is 59.8 Å². The van der Waals surface area contributed by atoms with Gasteiger partial charge in [-0.05, 0) is 44.4 Å². The molecule has 1 amide bonds. The maximum atomic E-state index is 13.2. The normalized spacial score (nSPS) is 16.8. The highest BCUT2D eigenvalue weighted by Crippen LogP contribution is 2.38. The third-order valence-electron chi connectivity index (χ3n) is 6.72. The molecule has 1 atom stereocenters. The smallest absolute Gasteiger partial charge is 0.281 e. The van der Waals surface area contributed by atoms with Gasteiger partial charge in [0.2, 0.25) is 5.88 Å². The van der Waals surface area contributed by atoms with E-state index in [9.17, 15) is 13.2 Å². The Morgan fingerprint density at radius 3 is 2.35 bits per heavy atom. The van der Waals surface area contributed by atoms with Crippen LogP contribution < -0.4 is 23.8 Å². The van der Waals surface area contributed by atoms with Gasteiger partial charge in [0.1, 0.15) is 23.1 Å². The Morgan fingerprint density at radius 1 is 1.05 bits per heavy atom. The molecule has 4 rings (SSSR count). The zero-order valence-electron chi connectivity index (χ0n) is 21.4. The number of amides is 1. The Bertz CT molecular complexity index is 1390. The molecule has 2 aromatic heterocycles. The number of nitrogens with zero attached hydrogens (tertiary/aromatic N) is 3. The van der Waals surface area contributed by atoms with Crippen molar-refractivity contribution in [3.63, 3.8) is 0 Å². The van der Waals surface area contributed by atoms with Crippen molar-refractivity contribution in [2.45, 2.75) is 37.8 Å². The number of hydrogen-bond donors (Lipinski definition) is 1. The molecule has 196 valence electrons. The van der Waals surface area contributed by atoms with Crippen LogP contribution in [-0.4, -0.2) is 50.6 Å². The standard InChI is InChI=1S/C26H30N4O6S/c1-17-11-13-30(26(17,2)3)24-21(8-7-12-27-24)25(31)29-37(32,33)23-10-6-9-22(28-23)36-20-15-18(34-4)14-19(16-20)35-5/h6-10,12,14-17H,11,13H2,1-5H3,(H,29,31). The van der Waals surface area contributed by atoms with Gasteiger partial charge in [-0.2, -0.15) is 13.4 Å². The van der Waals surface area contributed by atoms with Gasteiger partial charge >= 0.3 is 0 Å². The Kier molecular flexibility index (Phi) is 7.26. The number of carbonyl (C=O) groups excluding carboxylic acids is 1. The van der Waals surface area contributed by atoms with Crippen molar-refractivity contribution >= 4 is 21.7 Å². The van der Waals surface area contributed by atoms with Gasteiger partial charge in [-0.15, -0.1) is 0 Å². The van der Waals surface area contributed by atoms with Crippen LogP contribution in [0.25, 0.3) is 0 Å². The van der Waals surface area contributed by atoms with Crippen LogP contribution in [0.2, 0.25) is 0 Å². The number of carbonyl (C=O) groups is 1.